The molecule has 0 bridgehead atoms. The number of hydrogen-bond acceptors (Lipinski definition) is 1. The van der Waals surface area contributed by atoms with Crippen molar-refractivity contribution in [2.24, 2.45) is 0 Å². The van der Waals surface area contributed by atoms with Gasteiger partial charge in [-0.3, -0.25) is 0 Å². The Balaban J connectivity index is 2.37. The summed E-state index contributed by atoms with van der Waals surface area (Å²) >= 11 is 0. The molecule has 0 amide bonds. The predicted octanol–water partition coefficient (Wildman–Crippen LogP) is 2.57. The minimum atomic E-state index is -0.134. The van der Waals surface area contributed by atoms with Gasteiger partial charge in [0.25, 0.3) is 0 Å². The molecule has 0 radical (unpaired) electrons. The van der Waals surface area contributed by atoms with E-state index in [1.807, 2.05) is 6.07 Å². The zero-order chi connectivity index (χ0) is 8.55. The molecular formula is C10H12FN. The number of halogens is 1. The van der Waals surface area contributed by atoms with E-state index in [1.54, 1.807) is 6.07 Å². The lowest BCUT2D eigenvalue weighted by molar-refractivity contribution is 0.617. The van der Waals surface area contributed by atoms with Crippen molar-refractivity contribution in [2.75, 3.05) is 5.32 Å². The van der Waals surface area contributed by atoms with Gasteiger partial charge in [-0.1, -0.05) is 0 Å². The molecule has 1 aromatic rings. The first-order valence-corrected chi connectivity index (χ1v) is 4.30. The number of hydrogen-bond donors (Lipinski definition) is 1. The maximum absolute atomic E-state index is 12.8. The van der Waals surface area contributed by atoms with E-state index < -0.39 is 0 Å². The fourth-order valence-electron chi connectivity index (χ4n) is 1.62. The largest absolute Gasteiger partial charge is 0.382 e. The van der Waals surface area contributed by atoms with E-state index in [0.717, 1.165) is 24.1 Å². The summed E-state index contributed by atoms with van der Waals surface area (Å²) in [7, 11) is 0. The third kappa shape index (κ3) is 1.29. The molecule has 0 saturated carbocycles. The second kappa shape index (κ2) is 2.77. The Morgan fingerprint density at radius 3 is 3.17 bits per heavy atom. The molecule has 1 aliphatic heterocycles. The average molecular weight is 165 g/mol. The van der Waals surface area contributed by atoms with Gasteiger partial charge in [0, 0.05) is 11.7 Å². The van der Waals surface area contributed by atoms with Crippen LogP contribution in [0.5, 0.6) is 0 Å². The van der Waals surface area contributed by atoms with Crippen LogP contribution >= 0.6 is 0 Å². The molecular weight excluding hydrogens is 153 g/mol. The highest BCUT2D eigenvalue weighted by Crippen LogP contribution is 2.24. The lowest BCUT2D eigenvalue weighted by Gasteiger charge is -2.23. The lowest BCUT2D eigenvalue weighted by atomic mass is 9.99. The fraction of sp³-hybridized carbons (Fsp3) is 0.400. The molecule has 64 valence electrons. The van der Waals surface area contributed by atoms with Crippen LogP contribution in [0.4, 0.5) is 10.1 Å². The molecule has 1 aliphatic rings. The molecule has 0 fully saturated rings. The summed E-state index contributed by atoms with van der Waals surface area (Å²) in [6.45, 7) is 2.15. The molecule has 0 saturated heterocycles. The van der Waals surface area contributed by atoms with Crippen molar-refractivity contribution in [2.45, 2.75) is 25.8 Å². The zero-order valence-electron chi connectivity index (χ0n) is 7.10. The van der Waals surface area contributed by atoms with E-state index in [2.05, 4.69) is 12.2 Å². The van der Waals surface area contributed by atoms with Crippen molar-refractivity contribution >= 4 is 5.69 Å². The van der Waals surface area contributed by atoms with Gasteiger partial charge in [0.15, 0.2) is 0 Å². The Labute approximate surface area is 71.6 Å². The van der Waals surface area contributed by atoms with Crippen LogP contribution in [0.25, 0.3) is 0 Å². The molecule has 2 heteroatoms. The Morgan fingerprint density at radius 2 is 2.33 bits per heavy atom. The van der Waals surface area contributed by atoms with Crippen LogP contribution in [-0.4, -0.2) is 6.04 Å². The van der Waals surface area contributed by atoms with Gasteiger partial charge in [-0.05, 0) is 43.5 Å². The van der Waals surface area contributed by atoms with E-state index in [1.165, 1.54) is 6.07 Å². The van der Waals surface area contributed by atoms with Gasteiger partial charge >= 0.3 is 0 Å². The monoisotopic (exact) mass is 165 g/mol. The van der Waals surface area contributed by atoms with Crippen molar-refractivity contribution in [3.05, 3.63) is 29.6 Å². The van der Waals surface area contributed by atoms with E-state index in [-0.39, 0.29) is 5.82 Å². The molecule has 2 rings (SSSR count). The van der Waals surface area contributed by atoms with Crippen molar-refractivity contribution in [3.8, 4) is 0 Å². The van der Waals surface area contributed by atoms with Gasteiger partial charge in [0.05, 0.1) is 0 Å². The van der Waals surface area contributed by atoms with Gasteiger partial charge in [-0.25, -0.2) is 4.39 Å². The highest BCUT2D eigenvalue weighted by atomic mass is 19.1. The molecule has 0 aliphatic carbocycles. The van der Waals surface area contributed by atoms with E-state index >= 15 is 0 Å². The highest BCUT2D eigenvalue weighted by molar-refractivity contribution is 5.53. The number of fused-ring (bicyclic) bond motifs is 1. The van der Waals surface area contributed by atoms with E-state index in [0.29, 0.717) is 6.04 Å². The first-order valence-electron chi connectivity index (χ1n) is 4.30. The smallest absolute Gasteiger partial charge is 0.123 e. The Bertz CT molecular complexity index is 296. The van der Waals surface area contributed by atoms with Crippen molar-refractivity contribution < 1.29 is 4.39 Å². The molecule has 0 spiro atoms. The topological polar surface area (TPSA) is 12.0 Å². The summed E-state index contributed by atoms with van der Waals surface area (Å²) in [6.07, 6.45) is 2.08. The summed E-state index contributed by atoms with van der Waals surface area (Å²) in [5.74, 6) is -0.134. The molecule has 1 N–H and O–H groups in total. The minimum Gasteiger partial charge on any atom is -0.382 e. The van der Waals surface area contributed by atoms with Crippen LogP contribution in [0.3, 0.4) is 0 Å². The first kappa shape index (κ1) is 7.59. The quantitative estimate of drug-likeness (QED) is 0.623. The molecule has 1 unspecified atom stereocenters. The van der Waals surface area contributed by atoms with Gasteiger partial charge in [0.2, 0.25) is 0 Å². The maximum atomic E-state index is 12.8. The van der Waals surface area contributed by atoms with Crippen LogP contribution < -0.4 is 5.32 Å². The average Bonchev–Trinajstić information content (AvgIpc) is 2.05. The zero-order valence-corrected chi connectivity index (χ0v) is 7.10. The molecule has 1 nitrogen and oxygen atoms in total. The minimum absolute atomic E-state index is 0.134. The maximum Gasteiger partial charge on any atom is 0.123 e. The Morgan fingerprint density at radius 1 is 1.50 bits per heavy atom. The fourth-order valence-corrected chi connectivity index (χ4v) is 1.62. The number of anilines is 1. The second-order valence-corrected chi connectivity index (χ2v) is 3.39. The van der Waals surface area contributed by atoms with Crippen LogP contribution in [-0.2, 0) is 6.42 Å². The number of nitrogens with one attached hydrogen (secondary N) is 1. The van der Waals surface area contributed by atoms with E-state index in [4.69, 9.17) is 0 Å². The highest BCUT2D eigenvalue weighted by Gasteiger charge is 2.13. The van der Waals surface area contributed by atoms with Gasteiger partial charge < -0.3 is 5.32 Å². The summed E-state index contributed by atoms with van der Waals surface area (Å²) in [5, 5.41) is 3.32. The standard InChI is InChI=1S/C10H12FN/c1-7-2-3-8-6-9(11)4-5-10(8)12-7/h4-7,12H,2-3H2,1H3. The Kier molecular flexibility index (Phi) is 1.75. The number of aryl methyl sites for hydroxylation is 1. The van der Waals surface area contributed by atoms with Crippen LogP contribution in [0, 0.1) is 5.82 Å². The van der Waals surface area contributed by atoms with Crippen molar-refractivity contribution in [3.63, 3.8) is 0 Å². The van der Waals surface area contributed by atoms with Crippen LogP contribution in [0.1, 0.15) is 18.9 Å². The number of benzene rings is 1. The van der Waals surface area contributed by atoms with Gasteiger partial charge in [-0.15, -0.1) is 0 Å². The summed E-state index contributed by atoms with van der Waals surface area (Å²) in [4.78, 5) is 0. The first-order chi connectivity index (χ1) is 5.75. The van der Waals surface area contributed by atoms with E-state index in [9.17, 15) is 4.39 Å². The summed E-state index contributed by atoms with van der Waals surface area (Å²) in [5.41, 5.74) is 2.20. The number of rotatable bonds is 0. The lowest BCUT2D eigenvalue weighted by Crippen LogP contribution is -2.21. The third-order valence-electron chi connectivity index (χ3n) is 2.32. The molecule has 12 heavy (non-hydrogen) atoms. The van der Waals surface area contributed by atoms with Crippen molar-refractivity contribution in [1.29, 1.82) is 0 Å². The normalized spacial score (nSPS) is 21.3. The van der Waals surface area contributed by atoms with Crippen LogP contribution in [0.2, 0.25) is 0 Å². The summed E-state index contributed by atoms with van der Waals surface area (Å²) < 4.78 is 12.8. The predicted molar refractivity (Wildman–Crippen MR) is 47.8 cm³/mol. The third-order valence-corrected chi connectivity index (χ3v) is 2.32. The SMILES string of the molecule is CC1CCc2cc(F)ccc2N1. The van der Waals surface area contributed by atoms with Gasteiger partial charge in [-0.2, -0.15) is 0 Å². The molecule has 1 atom stereocenters. The van der Waals surface area contributed by atoms with Crippen molar-refractivity contribution in [1.82, 2.24) is 0 Å². The Hall–Kier alpha value is -1.05. The second-order valence-electron chi connectivity index (χ2n) is 3.39. The molecule has 0 aromatic heterocycles. The van der Waals surface area contributed by atoms with Gasteiger partial charge in [0.1, 0.15) is 5.82 Å². The summed E-state index contributed by atoms with van der Waals surface area (Å²) in [6, 6.07) is 5.46. The molecule has 1 heterocycles. The molecule has 1 aromatic carbocycles. The van der Waals surface area contributed by atoms with Crippen LogP contribution in [0.15, 0.2) is 18.2 Å².